The van der Waals surface area contributed by atoms with Gasteiger partial charge in [0.1, 0.15) is 17.2 Å². The highest BCUT2D eigenvalue weighted by Crippen LogP contribution is 2.34. The lowest BCUT2D eigenvalue weighted by Gasteiger charge is -2.40. The number of benzene rings is 3. The summed E-state index contributed by atoms with van der Waals surface area (Å²) in [6, 6.07) is 20.9. The summed E-state index contributed by atoms with van der Waals surface area (Å²) in [4.78, 5) is 47.7. The van der Waals surface area contributed by atoms with Gasteiger partial charge in [-0.05, 0) is 69.0 Å². The molecule has 3 aromatic carbocycles. The molecule has 1 aliphatic rings. The van der Waals surface area contributed by atoms with Crippen molar-refractivity contribution in [3.8, 4) is 0 Å². The minimum absolute atomic E-state index is 0.0157. The van der Waals surface area contributed by atoms with Crippen LogP contribution in [0.4, 0.5) is 4.79 Å². The van der Waals surface area contributed by atoms with E-state index < -0.39 is 17.7 Å². The Morgan fingerprint density at radius 2 is 1.65 bits per heavy atom. The zero-order chi connectivity index (χ0) is 33.2. The zero-order valence-corrected chi connectivity index (χ0v) is 26.9. The van der Waals surface area contributed by atoms with Gasteiger partial charge in [0.15, 0.2) is 0 Å². The summed E-state index contributed by atoms with van der Waals surface area (Å²) in [6.45, 7) is 6.59. The van der Waals surface area contributed by atoms with Crippen LogP contribution in [0.15, 0.2) is 72.8 Å². The maximum absolute atomic E-state index is 14.0. The molecular formula is C35H41N7O4. The Kier molecular flexibility index (Phi) is 9.24. The number of rotatable bonds is 8. The van der Waals surface area contributed by atoms with Gasteiger partial charge < -0.3 is 25.3 Å². The lowest BCUT2D eigenvalue weighted by Crippen LogP contribution is -2.56. The van der Waals surface area contributed by atoms with Gasteiger partial charge in [-0.3, -0.25) is 19.9 Å². The van der Waals surface area contributed by atoms with Crippen LogP contribution in [0.1, 0.15) is 72.5 Å². The summed E-state index contributed by atoms with van der Waals surface area (Å²) >= 11 is 0. The predicted molar refractivity (Wildman–Crippen MR) is 176 cm³/mol. The standard InChI is InChI=1S/C35H41N7O4/c1-22(2)46-34(45)41(5)35(3,33(44)42-19-9-10-20-42)26-17-18-28-27(21-26)38-31(40(28)4)29(36)23-13-15-24(16-14-23)30(37)39-32(43)25-11-7-6-8-12-25/h6-8,11-18,21-22,29H,9-10,19-20,36H2,1-5H3,(H2,37,39,43). The van der Waals surface area contributed by atoms with Gasteiger partial charge in [-0.25, -0.2) is 9.78 Å². The molecule has 0 saturated carbocycles. The quantitative estimate of drug-likeness (QED) is 0.192. The number of hydrogen-bond donors (Lipinski definition) is 3. The number of likely N-dealkylation sites (N-methyl/N-ethyl adjacent to an activating group) is 1. The molecule has 0 aliphatic carbocycles. The van der Waals surface area contributed by atoms with Crippen LogP contribution in [-0.4, -0.2) is 69.3 Å². The van der Waals surface area contributed by atoms with E-state index in [1.807, 2.05) is 48.0 Å². The Bertz CT molecular complexity index is 1760. The number of amidine groups is 1. The van der Waals surface area contributed by atoms with E-state index >= 15 is 0 Å². The minimum Gasteiger partial charge on any atom is -0.447 e. The fraction of sp³-hybridized carbons (Fsp3) is 0.343. The molecule has 2 atom stereocenters. The molecule has 11 heteroatoms. The van der Waals surface area contributed by atoms with Gasteiger partial charge >= 0.3 is 6.09 Å². The number of ether oxygens (including phenoxy) is 1. The van der Waals surface area contributed by atoms with E-state index in [1.54, 1.807) is 69.1 Å². The Morgan fingerprint density at radius 3 is 2.28 bits per heavy atom. The third kappa shape index (κ3) is 6.23. The highest BCUT2D eigenvalue weighted by atomic mass is 16.6. The first kappa shape index (κ1) is 32.4. The Labute approximate surface area is 268 Å². The van der Waals surface area contributed by atoms with Crippen LogP contribution < -0.4 is 11.1 Å². The third-order valence-corrected chi connectivity index (χ3v) is 8.68. The van der Waals surface area contributed by atoms with Crippen molar-refractivity contribution in [3.63, 3.8) is 0 Å². The van der Waals surface area contributed by atoms with Gasteiger partial charge in [-0.2, -0.15) is 0 Å². The van der Waals surface area contributed by atoms with E-state index in [2.05, 4.69) is 5.32 Å². The Hall–Kier alpha value is -5.03. The van der Waals surface area contributed by atoms with E-state index in [0.29, 0.717) is 41.1 Å². The smallest absolute Gasteiger partial charge is 0.410 e. The fourth-order valence-electron chi connectivity index (χ4n) is 5.80. The van der Waals surface area contributed by atoms with Crippen LogP contribution in [-0.2, 0) is 22.1 Å². The van der Waals surface area contributed by atoms with E-state index in [0.717, 1.165) is 23.9 Å². The van der Waals surface area contributed by atoms with Gasteiger partial charge in [0, 0.05) is 38.3 Å². The van der Waals surface area contributed by atoms with Gasteiger partial charge in [0.05, 0.1) is 23.2 Å². The van der Waals surface area contributed by atoms with Crippen molar-refractivity contribution in [2.24, 2.45) is 12.8 Å². The molecule has 4 N–H and O–H groups in total. The first-order chi connectivity index (χ1) is 21.9. The zero-order valence-electron chi connectivity index (χ0n) is 26.9. The summed E-state index contributed by atoms with van der Waals surface area (Å²) in [5, 5.41) is 11.0. The van der Waals surface area contributed by atoms with E-state index in [9.17, 15) is 14.4 Å². The number of likely N-dealkylation sites (tertiary alicyclic amines) is 1. The number of nitrogens with zero attached hydrogens (tertiary/aromatic N) is 4. The topological polar surface area (TPSA) is 147 Å². The molecule has 1 saturated heterocycles. The molecule has 11 nitrogen and oxygen atoms in total. The molecule has 1 aliphatic heterocycles. The molecule has 0 spiro atoms. The van der Waals surface area contributed by atoms with E-state index in [-0.39, 0.29) is 23.8 Å². The molecule has 2 unspecified atom stereocenters. The summed E-state index contributed by atoms with van der Waals surface area (Å²) < 4.78 is 7.40. The van der Waals surface area contributed by atoms with Gasteiger partial charge in [0.2, 0.25) is 0 Å². The SMILES string of the molecule is CC(C)OC(=O)N(C)C(C)(C(=O)N1CCCC1)c1ccc2c(c1)nc(C(N)c1ccc(C(=N)NC(=O)c3ccccc3)cc1)n2C. The van der Waals surface area contributed by atoms with Crippen molar-refractivity contribution < 1.29 is 19.1 Å². The number of aryl methyl sites for hydroxylation is 1. The van der Waals surface area contributed by atoms with Crippen molar-refractivity contribution in [2.75, 3.05) is 20.1 Å². The second-order valence-corrected chi connectivity index (χ2v) is 12.1. The molecule has 1 aromatic heterocycles. The number of aromatic nitrogens is 2. The third-order valence-electron chi connectivity index (χ3n) is 8.68. The molecule has 3 amide bonds. The van der Waals surface area contributed by atoms with Crippen molar-refractivity contribution in [1.82, 2.24) is 24.7 Å². The molecular weight excluding hydrogens is 582 g/mol. The molecule has 0 bridgehead atoms. The lowest BCUT2D eigenvalue weighted by molar-refractivity contribution is -0.141. The second-order valence-electron chi connectivity index (χ2n) is 12.1. The van der Waals surface area contributed by atoms with Crippen molar-refractivity contribution >= 4 is 34.8 Å². The van der Waals surface area contributed by atoms with Crippen LogP contribution in [0.3, 0.4) is 0 Å². The predicted octanol–water partition coefficient (Wildman–Crippen LogP) is 4.69. The molecule has 5 rings (SSSR count). The highest BCUT2D eigenvalue weighted by molar-refractivity contribution is 6.11. The molecule has 240 valence electrons. The first-order valence-electron chi connectivity index (χ1n) is 15.4. The first-order valence-corrected chi connectivity index (χ1v) is 15.4. The van der Waals surface area contributed by atoms with Gasteiger partial charge in [0.25, 0.3) is 11.8 Å². The number of hydrogen-bond acceptors (Lipinski definition) is 7. The average molecular weight is 624 g/mol. The summed E-state index contributed by atoms with van der Waals surface area (Å²) in [5.41, 5.74) is 9.26. The maximum atomic E-state index is 14.0. The highest BCUT2D eigenvalue weighted by Gasteiger charge is 2.46. The van der Waals surface area contributed by atoms with Gasteiger partial charge in [-0.1, -0.05) is 48.5 Å². The summed E-state index contributed by atoms with van der Waals surface area (Å²) in [6.07, 6.45) is 0.931. The van der Waals surface area contributed by atoms with Gasteiger partial charge in [-0.15, -0.1) is 0 Å². The molecule has 46 heavy (non-hydrogen) atoms. The normalized spacial score (nSPS) is 15.0. The number of imidazole rings is 1. The van der Waals surface area contributed by atoms with E-state index in [1.165, 1.54) is 4.90 Å². The number of nitrogens with two attached hydrogens (primary N) is 1. The largest absolute Gasteiger partial charge is 0.447 e. The number of carbonyl (C=O) groups excluding carboxylic acids is 3. The molecule has 2 heterocycles. The van der Waals surface area contributed by atoms with Crippen LogP contribution >= 0.6 is 0 Å². The molecule has 4 aromatic rings. The van der Waals surface area contributed by atoms with Crippen LogP contribution in [0.5, 0.6) is 0 Å². The minimum atomic E-state index is -1.32. The maximum Gasteiger partial charge on any atom is 0.410 e. The van der Waals surface area contributed by atoms with Crippen LogP contribution in [0.2, 0.25) is 0 Å². The van der Waals surface area contributed by atoms with Crippen LogP contribution in [0, 0.1) is 5.41 Å². The van der Waals surface area contributed by atoms with Crippen molar-refractivity contribution in [3.05, 3.63) is 101 Å². The number of carbonyl (C=O) groups is 3. The van der Waals surface area contributed by atoms with E-state index in [4.69, 9.17) is 20.9 Å². The number of amides is 3. The average Bonchev–Trinajstić information content (AvgIpc) is 3.71. The molecule has 1 fully saturated rings. The number of fused-ring (bicyclic) bond motifs is 1. The van der Waals surface area contributed by atoms with Crippen molar-refractivity contribution in [1.29, 1.82) is 5.41 Å². The van der Waals surface area contributed by atoms with Crippen LogP contribution in [0.25, 0.3) is 11.0 Å². The van der Waals surface area contributed by atoms with Crippen molar-refractivity contribution in [2.45, 2.75) is 51.3 Å². The Morgan fingerprint density at radius 1 is 1.00 bits per heavy atom. The summed E-state index contributed by atoms with van der Waals surface area (Å²) in [7, 11) is 3.48. The lowest BCUT2D eigenvalue weighted by atomic mass is 9.88. The monoisotopic (exact) mass is 623 g/mol. The fourth-order valence-corrected chi connectivity index (χ4v) is 5.80. The Balaban J connectivity index is 1.41. The second kappa shape index (κ2) is 13.1. The molecule has 0 radical (unpaired) electrons. The number of nitrogens with one attached hydrogen (secondary N) is 2. The summed E-state index contributed by atoms with van der Waals surface area (Å²) in [5.74, 6) is 0.0724.